The highest BCUT2D eigenvalue weighted by molar-refractivity contribution is 7.92. The number of nitrogens with zero attached hydrogens (tertiary/aromatic N) is 2. The van der Waals surface area contributed by atoms with E-state index in [9.17, 15) is 17.2 Å². The molecule has 4 rings (SSSR count). The van der Waals surface area contributed by atoms with Crippen LogP contribution in [-0.4, -0.2) is 46.2 Å². The van der Waals surface area contributed by atoms with Crippen LogP contribution in [-0.2, 0) is 16.6 Å². The number of hydrogen-bond acceptors (Lipinski definition) is 3. The van der Waals surface area contributed by atoms with Gasteiger partial charge in [-0.3, -0.25) is 4.31 Å². The smallest absolute Gasteiger partial charge is 0.264 e. The lowest BCUT2D eigenvalue weighted by Gasteiger charge is -2.37. The van der Waals surface area contributed by atoms with Crippen molar-refractivity contribution in [2.75, 3.05) is 37.6 Å². The van der Waals surface area contributed by atoms with E-state index in [2.05, 4.69) is 7.05 Å². The van der Waals surface area contributed by atoms with Gasteiger partial charge in [0, 0.05) is 23.1 Å². The van der Waals surface area contributed by atoms with Crippen LogP contribution in [0.5, 0.6) is 5.75 Å². The average Bonchev–Trinajstić information content (AvgIpc) is 2.88. The minimum absolute atomic E-state index is 0.0857. The molecule has 0 unspecified atom stereocenters. The van der Waals surface area contributed by atoms with E-state index in [1.54, 1.807) is 24.3 Å². The minimum Gasteiger partial charge on any atom is -0.493 e. The highest BCUT2D eigenvalue weighted by Gasteiger charge is 2.29. The summed E-state index contributed by atoms with van der Waals surface area (Å²) < 4.78 is 64.3. The van der Waals surface area contributed by atoms with Gasteiger partial charge in [0.1, 0.15) is 17.4 Å². The Labute approximate surface area is 222 Å². The Hall–Kier alpha value is -2.68. The van der Waals surface area contributed by atoms with Crippen molar-refractivity contribution >= 4 is 27.3 Å². The molecule has 3 aromatic carbocycles. The number of ether oxygens (including phenoxy) is 1. The summed E-state index contributed by atoms with van der Waals surface area (Å²) in [6, 6.07) is 15.4. The number of likely N-dealkylation sites (tertiary alicyclic amines) is 1. The monoisotopic (exact) mass is 549 g/mol. The van der Waals surface area contributed by atoms with Crippen LogP contribution in [0.4, 0.5) is 14.5 Å². The van der Waals surface area contributed by atoms with Crippen molar-refractivity contribution in [1.29, 1.82) is 0 Å². The fourth-order valence-electron chi connectivity index (χ4n) is 4.77. The van der Waals surface area contributed by atoms with E-state index >= 15 is 0 Å². The molecule has 0 atom stereocenters. The van der Waals surface area contributed by atoms with Crippen LogP contribution in [0.1, 0.15) is 31.2 Å². The molecule has 9 heteroatoms. The summed E-state index contributed by atoms with van der Waals surface area (Å²) in [5, 5.41) is 0.363. The first-order valence-corrected chi connectivity index (χ1v) is 14.3. The molecule has 1 saturated heterocycles. The van der Waals surface area contributed by atoms with Crippen molar-refractivity contribution in [2.24, 2.45) is 0 Å². The third-order valence-electron chi connectivity index (χ3n) is 6.86. The van der Waals surface area contributed by atoms with E-state index in [1.165, 1.54) is 56.6 Å². The molecule has 1 fully saturated rings. The lowest BCUT2D eigenvalue weighted by Crippen LogP contribution is -2.48. The molecule has 0 amide bonds. The van der Waals surface area contributed by atoms with Gasteiger partial charge in [-0.25, -0.2) is 17.2 Å². The predicted octanol–water partition coefficient (Wildman–Crippen LogP) is 6.41. The van der Waals surface area contributed by atoms with Crippen LogP contribution < -0.4 is 9.04 Å². The molecule has 37 heavy (non-hydrogen) atoms. The second-order valence-corrected chi connectivity index (χ2v) is 12.0. The number of sulfonamides is 1. The van der Waals surface area contributed by atoms with Crippen molar-refractivity contribution in [3.8, 4) is 5.75 Å². The zero-order valence-electron chi connectivity index (χ0n) is 20.9. The molecule has 1 aliphatic rings. The highest BCUT2D eigenvalue weighted by atomic mass is 35.5. The molecule has 3 aromatic rings. The molecule has 0 bridgehead atoms. The van der Waals surface area contributed by atoms with Gasteiger partial charge < -0.3 is 9.22 Å². The molecule has 5 nitrogen and oxygen atoms in total. The second kappa shape index (κ2) is 11.8. The van der Waals surface area contributed by atoms with Crippen molar-refractivity contribution in [3.63, 3.8) is 0 Å². The minimum atomic E-state index is -4.26. The van der Waals surface area contributed by atoms with Gasteiger partial charge in [-0.05, 0) is 61.7 Å². The van der Waals surface area contributed by atoms with E-state index in [1.807, 2.05) is 0 Å². The van der Waals surface area contributed by atoms with E-state index in [0.29, 0.717) is 22.9 Å². The summed E-state index contributed by atoms with van der Waals surface area (Å²) in [6.07, 6.45) is 4.64. The van der Waals surface area contributed by atoms with Gasteiger partial charge in [0.2, 0.25) is 0 Å². The number of halogens is 3. The van der Waals surface area contributed by atoms with E-state index < -0.39 is 21.7 Å². The summed E-state index contributed by atoms with van der Waals surface area (Å²) in [5.41, 5.74) is 0.161. The lowest BCUT2D eigenvalue weighted by atomic mass is 10.1. The number of quaternary nitrogens is 1. The maximum Gasteiger partial charge on any atom is 0.264 e. The number of hydrogen-bond donors (Lipinski definition) is 0. The van der Waals surface area contributed by atoms with Crippen LogP contribution in [0, 0.1) is 11.6 Å². The molecule has 0 N–H and O–H groups in total. The zero-order chi connectivity index (χ0) is 26.5. The third kappa shape index (κ3) is 6.80. The van der Waals surface area contributed by atoms with Crippen LogP contribution in [0.3, 0.4) is 0 Å². The van der Waals surface area contributed by atoms with Gasteiger partial charge in [0.15, 0.2) is 0 Å². The first kappa shape index (κ1) is 27.4. The summed E-state index contributed by atoms with van der Waals surface area (Å²) in [6.45, 7) is 3.59. The molecule has 0 radical (unpaired) electrons. The predicted molar refractivity (Wildman–Crippen MR) is 142 cm³/mol. The van der Waals surface area contributed by atoms with E-state index in [4.69, 9.17) is 16.3 Å². The zero-order valence-corrected chi connectivity index (χ0v) is 22.4. The molecular formula is C28H32ClF2N2O3S+. The Balaban J connectivity index is 1.58. The summed E-state index contributed by atoms with van der Waals surface area (Å²) in [4.78, 5) is -0.0857. The topological polar surface area (TPSA) is 46.6 Å². The van der Waals surface area contributed by atoms with Crippen molar-refractivity contribution in [2.45, 2.75) is 37.1 Å². The van der Waals surface area contributed by atoms with Gasteiger partial charge in [0.05, 0.1) is 50.4 Å². The van der Waals surface area contributed by atoms with Crippen molar-refractivity contribution < 1.29 is 26.4 Å². The van der Waals surface area contributed by atoms with Crippen LogP contribution >= 0.6 is 11.6 Å². The number of para-hydroxylation sites is 1. The quantitative estimate of drug-likeness (QED) is 0.217. The molecule has 198 valence electrons. The normalized spacial score (nSPS) is 15.4. The molecule has 1 heterocycles. The molecular weight excluding hydrogens is 518 g/mol. The first-order valence-electron chi connectivity index (χ1n) is 12.5. The first-order chi connectivity index (χ1) is 17.7. The van der Waals surface area contributed by atoms with Crippen LogP contribution in [0.25, 0.3) is 0 Å². The summed E-state index contributed by atoms with van der Waals surface area (Å²) in [5.74, 6) is -1.08. The summed E-state index contributed by atoms with van der Waals surface area (Å²) in [7, 11) is -1.99. The summed E-state index contributed by atoms with van der Waals surface area (Å²) >= 11 is 5.94. The van der Waals surface area contributed by atoms with Crippen LogP contribution in [0.2, 0.25) is 5.02 Å². The fourth-order valence-corrected chi connectivity index (χ4v) is 6.34. The maximum absolute atomic E-state index is 14.9. The molecule has 1 aliphatic heterocycles. The van der Waals surface area contributed by atoms with Crippen LogP contribution in [0.15, 0.2) is 71.6 Å². The molecule has 0 aromatic heterocycles. The Morgan fingerprint density at radius 1 is 0.973 bits per heavy atom. The third-order valence-corrected chi connectivity index (χ3v) is 8.89. The fraction of sp³-hybridized carbons (Fsp3) is 0.357. The van der Waals surface area contributed by atoms with Gasteiger partial charge >= 0.3 is 0 Å². The van der Waals surface area contributed by atoms with E-state index in [-0.39, 0.29) is 17.1 Å². The number of anilines is 1. The van der Waals surface area contributed by atoms with Crippen molar-refractivity contribution in [1.82, 2.24) is 0 Å². The highest BCUT2D eigenvalue weighted by Crippen LogP contribution is 2.32. The molecule has 0 aliphatic carbocycles. The van der Waals surface area contributed by atoms with Gasteiger partial charge in [-0.2, -0.15) is 0 Å². The second-order valence-electron chi connectivity index (χ2n) is 9.72. The standard InChI is InChI=1S/C28H32ClF2N2O3S/c1-33(16-5-2-6-17-33)18-7-19-36-28-9-4-3-8-22(28)21-32(27-20-24(30)12-15-26(27)31)37(34,35)25-13-10-23(29)11-14-25/h3-4,8-15,20H,2,5-7,16-19,21H2,1H3/q+1. The Morgan fingerprint density at radius 2 is 1.68 bits per heavy atom. The number of benzene rings is 3. The van der Waals surface area contributed by atoms with Gasteiger partial charge in [0.25, 0.3) is 10.0 Å². The number of rotatable bonds is 10. The van der Waals surface area contributed by atoms with Gasteiger partial charge in [-0.1, -0.05) is 29.8 Å². The Kier molecular flexibility index (Phi) is 8.72. The SMILES string of the molecule is C[N+]1(CCCOc2ccccc2CN(c2cc(F)ccc2F)S(=O)(=O)c2ccc(Cl)cc2)CCCCC1. The molecule has 0 saturated carbocycles. The van der Waals surface area contributed by atoms with Gasteiger partial charge in [-0.15, -0.1) is 0 Å². The average molecular weight is 550 g/mol. The molecule has 0 spiro atoms. The number of piperidine rings is 1. The van der Waals surface area contributed by atoms with E-state index in [0.717, 1.165) is 40.0 Å². The lowest BCUT2D eigenvalue weighted by molar-refractivity contribution is -0.914. The maximum atomic E-state index is 14.9. The Morgan fingerprint density at radius 3 is 2.41 bits per heavy atom. The van der Waals surface area contributed by atoms with Crippen molar-refractivity contribution in [3.05, 3.63) is 89.0 Å². The Bertz CT molecular complexity index is 1310. The largest absolute Gasteiger partial charge is 0.493 e.